The molecule has 0 bridgehead atoms. The molecule has 0 N–H and O–H groups in total. The lowest BCUT2D eigenvalue weighted by atomic mass is 9.93. The number of benzene rings is 3. The van der Waals surface area contributed by atoms with E-state index in [9.17, 15) is 22.8 Å². The second kappa shape index (κ2) is 7.84. The molecule has 0 saturated carbocycles. The second-order valence-electron chi connectivity index (χ2n) is 7.65. The average Bonchev–Trinajstić information content (AvgIpc) is 3.31. The van der Waals surface area contributed by atoms with Crippen molar-refractivity contribution in [1.29, 1.82) is 0 Å². The summed E-state index contributed by atoms with van der Waals surface area (Å²) in [5.41, 5.74) is 0.603. The molecule has 2 aliphatic heterocycles. The second-order valence-corrected chi connectivity index (χ2v) is 8.57. The minimum Gasteiger partial charge on any atom is -0.273 e. The van der Waals surface area contributed by atoms with Gasteiger partial charge >= 0.3 is 6.18 Å². The third-order valence-electron chi connectivity index (χ3n) is 5.64. The van der Waals surface area contributed by atoms with Crippen LogP contribution in [0.2, 0.25) is 0 Å². The Morgan fingerprint density at radius 3 is 2.15 bits per heavy atom. The lowest BCUT2D eigenvalue weighted by Gasteiger charge is -2.22. The third kappa shape index (κ3) is 3.62. The predicted molar refractivity (Wildman–Crippen MR) is 121 cm³/mol. The Bertz CT molecular complexity index is 1280. The molecule has 0 aliphatic carbocycles. The van der Waals surface area contributed by atoms with Gasteiger partial charge in [-0.15, -0.1) is 0 Å². The number of halogens is 4. The highest BCUT2D eigenvalue weighted by Gasteiger charge is 2.57. The van der Waals surface area contributed by atoms with Crippen molar-refractivity contribution in [3.05, 3.63) is 94.5 Å². The zero-order valence-corrected chi connectivity index (χ0v) is 18.4. The molecule has 1 fully saturated rings. The molecule has 0 radical (unpaired) electrons. The molecule has 166 valence electrons. The fourth-order valence-electron chi connectivity index (χ4n) is 4.14. The Morgan fingerprint density at radius 1 is 0.818 bits per heavy atom. The summed E-state index contributed by atoms with van der Waals surface area (Å²) >= 11 is 3.37. The van der Waals surface area contributed by atoms with E-state index in [1.165, 1.54) is 17.1 Å². The van der Waals surface area contributed by atoms with E-state index >= 15 is 0 Å². The Hall–Kier alpha value is -3.46. The molecule has 2 atom stereocenters. The zero-order chi connectivity index (χ0) is 23.3. The SMILES string of the molecule is O=C1[C@H]2C(c3ccc(Br)cc3)=NN(c3ccccc3)[C@H]2C(=O)N1c1cccc(C(F)(F)F)c1. The fourth-order valence-corrected chi connectivity index (χ4v) is 4.41. The number of alkyl halides is 3. The minimum atomic E-state index is -4.60. The highest BCUT2D eigenvalue weighted by molar-refractivity contribution is 9.10. The van der Waals surface area contributed by atoms with Gasteiger partial charge < -0.3 is 0 Å². The minimum absolute atomic E-state index is 0.114. The first-order chi connectivity index (χ1) is 15.8. The molecule has 9 heteroatoms. The maximum absolute atomic E-state index is 13.5. The van der Waals surface area contributed by atoms with Gasteiger partial charge in [-0.05, 0) is 48.0 Å². The molecule has 2 amide bonds. The zero-order valence-electron chi connectivity index (χ0n) is 16.8. The van der Waals surface area contributed by atoms with Crippen LogP contribution in [0, 0.1) is 5.92 Å². The quantitative estimate of drug-likeness (QED) is 0.449. The van der Waals surface area contributed by atoms with Crippen LogP contribution >= 0.6 is 15.9 Å². The van der Waals surface area contributed by atoms with E-state index in [1.54, 1.807) is 48.5 Å². The summed E-state index contributed by atoms with van der Waals surface area (Å²) in [6, 6.07) is 19.3. The number of hydrogen-bond acceptors (Lipinski definition) is 4. The van der Waals surface area contributed by atoms with Crippen LogP contribution < -0.4 is 9.91 Å². The third-order valence-corrected chi connectivity index (χ3v) is 6.17. The van der Waals surface area contributed by atoms with E-state index in [-0.39, 0.29) is 5.69 Å². The number of carbonyl (C=O) groups excluding carboxylic acids is 2. The molecule has 0 aromatic heterocycles. The Morgan fingerprint density at radius 2 is 1.48 bits per heavy atom. The first-order valence-electron chi connectivity index (χ1n) is 9.99. The van der Waals surface area contributed by atoms with E-state index in [4.69, 9.17) is 0 Å². The number of rotatable bonds is 3. The number of amides is 2. The number of carbonyl (C=O) groups is 2. The van der Waals surface area contributed by atoms with E-state index in [0.717, 1.165) is 21.5 Å². The van der Waals surface area contributed by atoms with Gasteiger partial charge in [-0.3, -0.25) is 14.6 Å². The Labute approximate surface area is 195 Å². The summed E-state index contributed by atoms with van der Waals surface area (Å²) in [6.07, 6.45) is -4.60. The summed E-state index contributed by atoms with van der Waals surface area (Å²) in [6.45, 7) is 0. The van der Waals surface area contributed by atoms with E-state index in [2.05, 4.69) is 21.0 Å². The Balaban J connectivity index is 1.62. The number of para-hydroxylation sites is 1. The van der Waals surface area contributed by atoms with Crippen LogP contribution in [0.4, 0.5) is 24.5 Å². The number of hydrogen-bond donors (Lipinski definition) is 0. The van der Waals surface area contributed by atoms with Crippen LogP contribution in [0.25, 0.3) is 0 Å². The largest absolute Gasteiger partial charge is 0.416 e. The summed E-state index contributed by atoms with van der Waals surface area (Å²) in [4.78, 5) is 27.8. The van der Waals surface area contributed by atoms with E-state index in [0.29, 0.717) is 17.0 Å². The summed E-state index contributed by atoms with van der Waals surface area (Å²) < 4.78 is 40.6. The van der Waals surface area contributed by atoms with Crippen molar-refractivity contribution in [2.45, 2.75) is 12.2 Å². The number of nitrogens with zero attached hydrogens (tertiary/aromatic N) is 3. The van der Waals surface area contributed by atoms with E-state index < -0.39 is 35.5 Å². The topological polar surface area (TPSA) is 53.0 Å². The molecule has 0 unspecified atom stereocenters. The maximum atomic E-state index is 13.5. The van der Waals surface area contributed by atoms with Gasteiger partial charge in [-0.2, -0.15) is 18.3 Å². The van der Waals surface area contributed by atoms with Crippen molar-refractivity contribution in [2.75, 3.05) is 9.91 Å². The first kappa shape index (κ1) is 21.4. The molecule has 2 heterocycles. The summed E-state index contributed by atoms with van der Waals surface area (Å²) in [5.74, 6) is -2.18. The van der Waals surface area contributed by atoms with Gasteiger partial charge in [0.1, 0.15) is 12.0 Å². The van der Waals surface area contributed by atoms with Crippen LogP contribution in [-0.4, -0.2) is 23.6 Å². The van der Waals surface area contributed by atoms with Crippen molar-refractivity contribution >= 4 is 44.8 Å². The van der Waals surface area contributed by atoms with Crippen molar-refractivity contribution in [2.24, 2.45) is 11.0 Å². The van der Waals surface area contributed by atoms with Crippen LogP contribution in [-0.2, 0) is 15.8 Å². The number of anilines is 2. The first-order valence-corrected chi connectivity index (χ1v) is 10.8. The fraction of sp³-hybridized carbons (Fsp3) is 0.125. The van der Waals surface area contributed by atoms with Gasteiger partial charge in [0.2, 0.25) is 5.91 Å². The molecule has 2 aliphatic rings. The van der Waals surface area contributed by atoms with Crippen molar-refractivity contribution in [1.82, 2.24) is 0 Å². The van der Waals surface area contributed by atoms with Gasteiger partial charge in [-0.1, -0.05) is 52.3 Å². The monoisotopic (exact) mass is 513 g/mol. The normalized spacial score (nSPS) is 20.3. The van der Waals surface area contributed by atoms with Crippen molar-refractivity contribution < 1.29 is 22.8 Å². The molecule has 0 spiro atoms. The number of fused-ring (bicyclic) bond motifs is 1. The van der Waals surface area contributed by atoms with Crippen molar-refractivity contribution in [3.63, 3.8) is 0 Å². The van der Waals surface area contributed by atoms with Gasteiger partial charge in [0, 0.05) is 4.47 Å². The van der Waals surface area contributed by atoms with Gasteiger partial charge in [0.15, 0.2) is 0 Å². The highest BCUT2D eigenvalue weighted by Crippen LogP contribution is 2.40. The van der Waals surface area contributed by atoms with Crippen LogP contribution in [0.3, 0.4) is 0 Å². The van der Waals surface area contributed by atoms with Gasteiger partial charge in [-0.25, -0.2) is 4.90 Å². The summed E-state index contributed by atoms with van der Waals surface area (Å²) in [7, 11) is 0. The average molecular weight is 514 g/mol. The smallest absolute Gasteiger partial charge is 0.273 e. The van der Waals surface area contributed by atoms with Gasteiger partial charge in [0.05, 0.1) is 22.6 Å². The van der Waals surface area contributed by atoms with Crippen LogP contribution in [0.1, 0.15) is 11.1 Å². The molecular weight excluding hydrogens is 499 g/mol. The molecule has 33 heavy (non-hydrogen) atoms. The lowest BCUT2D eigenvalue weighted by molar-refractivity contribution is -0.137. The molecule has 1 saturated heterocycles. The Kier molecular flexibility index (Phi) is 5.08. The van der Waals surface area contributed by atoms with Crippen LogP contribution in [0.15, 0.2) is 88.4 Å². The predicted octanol–water partition coefficient (Wildman–Crippen LogP) is 5.25. The molecule has 3 aromatic rings. The summed E-state index contributed by atoms with van der Waals surface area (Å²) in [5, 5.41) is 6.10. The van der Waals surface area contributed by atoms with Crippen molar-refractivity contribution in [3.8, 4) is 0 Å². The number of imide groups is 1. The molecular formula is C24H15BrF3N3O2. The standard InChI is InChI=1S/C24H15BrF3N3O2/c25-16-11-9-14(10-12-16)20-19-21(31(29-20)17-6-2-1-3-7-17)23(33)30(22(19)32)18-8-4-5-15(13-18)24(26,27)28/h1-13,19,21H/t19-,21+/m0/s1. The molecule has 3 aromatic carbocycles. The highest BCUT2D eigenvalue weighted by atomic mass is 79.9. The lowest BCUT2D eigenvalue weighted by Crippen LogP contribution is -2.39. The maximum Gasteiger partial charge on any atom is 0.416 e. The molecule has 5 rings (SSSR count). The van der Waals surface area contributed by atoms with Gasteiger partial charge in [0.25, 0.3) is 5.91 Å². The molecule has 5 nitrogen and oxygen atoms in total. The van der Waals surface area contributed by atoms with Crippen LogP contribution in [0.5, 0.6) is 0 Å². The number of hydrazone groups is 1. The van der Waals surface area contributed by atoms with E-state index in [1.807, 2.05) is 6.07 Å².